The molecule has 1 atom stereocenters. The molecule has 0 bridgehead atoms. The molecule has 0 heterocycles. The first-order valence-electron chi connectivity index (χ1n) is 7.30. The highest BCUT2D eigenvalue weighted by molar-refractivity contribution is 6.32. The van der Waals surface area contributed by atoms with E-state index in [2.05, 4.69) is 0 Å². The van der Waals surface area contributed by atoms with Gasteiger partial charge in [-0.3, -0.25) is 4.79 Å². The first-order valence-corrected chi connectivity index (χ1v) is 7.68. The van der Waals surface area contributed by atoms with Crippen LogP contribution in [-0.4, -0.2) is 41.2 Å². The zero-order valence-corrected chi connectivity index (χ0v) is 13.3. The van der Waals surface area contributed by atoms with E-state index in [1.54, 1.807) is 31.0 Å². The Morgan fingerprint density at radius 2 is 2.05 bits per heavy atom. The summed E-state index contributed by atoms with van der Waals surface area (Å²) in [7, 11) is 1.70. The fourth-order valence-electron chi connectivity index (χ4n) is 2.80. The van der Waals surface area contributed by atoms with Crippen molar-refractivity contribution in [2.24, 2.45) is 0 Å². The Kier molecular flexibility index (Phi) is 5.12. The van der Waals surface area contributed by atoms with Gasteiger partial charge in [0.15, 0.2) is 6.10 Å². The molecule has 1 aromatic rings. The van der Waals surface area contributed by atoms with Gasteiger partial charge in [-0.25, -0.2) is 0 Å². The lowest BCUT2D eigenvalue weighted by Crippen LogP contribution is -2.46. The van der Waals surface area contributed by atoms with Crippen LogP contribution in [0.4, 0.5) is 0 Å². The van der Waals surface area contributed by atoms with E-state index in [1.807, 2.05) is 12.1 Å². The minimum absolute atomic E-state index is 0.157. The van der Waals surface area contributed by atoms with Crippen molar-refractivity contribution in [3.8, 4) is 5.75 Å². The van der Waals surface area contributed by atoms with Crippen LogP contribution in [0.2, 0.25) is 5.02 Å². The molecule has 1 aliphatic carbocycles. The average molecular weight is 312 g/mol. The lowest BCUT2D eigenvalue weighted by Gasteiger charge is -2.30. The monoisotopic (exact) mass is 311 g/mol. The number of carbonyl (C=O) groups is 1. The van der Waals surface area contributed by atoms with Crippen molar-refractivity contribution < 1.29 is 14.6 Å². The Hall–Kier alpha value is -1.26. The molecule has 0 aliphatic heterocycles. The van der Waals surface area contributed by atoms with Crippen LogP contribution in [0.25, 0.3) is 0 Å². The van der Waals surface area contributed by atoms with E-state index in [1.165, 1.54) is 0 Å². The highest BCUT2D eigenvalue weighted by Gasteiger charge is 2.34. The van der Waals surface area contributed by atoms with Gasteiger partial charge < -0.3 is 14.7 Å². The molecule has 1 saturated carbocycles. The predicted octanol–water partition coefficient (Wildman–Crippen LogP) is 2.87. The SMILES string of the molecule is C[C@H](Oc1ccccc1Cl)C(=O)N(C)CC1(O)CCCC1. The molecular formula is C16H22ClNO3. The van der Waals surface area contributed by atoms with E-state index >= 15 is 0 Å². The number of halogens is 1. The zero-order valence-electron chi connectivity index (χ0n) is 12.5. The van der Waals surface area contributed by atoms with Gasteiger partial charge >= 0.3 is 0 Å². The van der Waals surface area contributed by atoms with E-state index in [0.29, 0.717) is 17.3 Å². The molecule has 0 spiro atoms. The zero-order chi connectivity index (χ0) is 15.5. The van der Waals surface area contributed by atoms with Crippen molar-refractivity contribution in [2.45, 2.75) is 44.3 Å². The van der Waals surface area contributed by atoms with E-state index in [9.17, 15) is 9.90 Å². The van der Waals surface area contributed by atoms with Crippen LogP contribution in [0.1, 0.15) is 32.6 Å². The van der Waals surface area contributed by atoms with Crippen LogP contribution in [-0.2, 0) is 4.79 Å². The molecule has 2 rings (SSSR count). The highest BCUT2D eigenvalue weighted by atomic mass is 35.5. The number of aliphatic hydroxyl groups is 1. The molecule has 0 aromatic heterocycles. The molecular weight excluding hydrogens is 290 g/mol. The summed E-state index contributed by atoms with van der Waals surface area (Å²) in [5, 5.41) is 10.9. The van der Waals surface area contributed by atoms with E-state index < -0.39 is 11.7 Å². The van der Waals surface area contributed by atoms with Gasteiger partial charge in [0, 0.05) is 13.6 Å². The lowest BCUT2D eigenvalue weighted by molar-refractivity contribution is -0.139. The molecule has 1 aromatic carbocycles. The summed E-state index contributed by atoms with van der Waals surface area (Å²) in [5.41, 5.74) is -0.742. The number of para-hydroxylation sites is 1. The van der Waals surface area contributed by atoms with Crippen LogP contribution < -0.4 is 4.74 Å². The first-order chi connectivity index (χ1) is 9.91. The quantitative estimate of drug-likeness (QED) is 0.909. The smallest absolute Gasteiger partial charge is 0.263 e. The topological polar surface area (TPSA) is 49.8 Å². The van der Waals surface area contributed by atoms with Crippen molar-refractivity contribution in [1.82, 2.24) is 4.90 Å². The summed E-state index contributed by atoms with van der Waals surface area (Å²) < 4.78 is 5.62. The van der Waals surface area contributed by atoms with Crippen molar-refractivity contribution >= 4 is 17.5 Å². The van der Waals surface area contributed by atoms with Crippen LogP contribution in [0.3, 0.4) is 0 Å². The summed E-state index contributed by atoms with van der Waals surface area (Å²) in [4.78, 5) is 13.9. The molecule has 0 radical (unpaired) electrons. The number of likely N-dealkylation sites (N-methyl/N-ethyl adjacent to an activating group) is 1. The van der Waals surface area contributed by atoms with Crippen LogP contribution in [0, 0.1) is 0 Å². The summed E-state index contributed by atoms with van der Waals surface area (Å²) in [6, 6.07) is 7.07. The summed E-state index contributed by atoms with van der Waals surface area (Å²) in [5.74, 6) is 0.336. The maximum Gasteiger partial charge on any atom is 0.263 e. The molecule has 1 N–H and O–H groups in total. The molecule has 116 valence electrons. The van der Waals surface area contributed by atoms with E-state index in [0.717, 1.165) is 25.7 Å². The van der Waals surface area contributed by atoms with Gasteiger partial charge in [0.25, 0.3) is 5.91 Å². The van der Waals surface area contributed by atoms with Crippen molar-refractivity contribution in [2.75, 3.05) is 13.6 Å². The number of hydrogen-bond acceptors (Lipinski definition) is 3. The summed E-state index contributed by atoms with van der Waals surface area (Å²) in [6.45, 7) is 2.04. The van der Waals surface area contributed by atoms with Gasteiger partial charge in [-0.2, -0.15) is 0 Å². The maximum atomic E-state index is 12.3. The molecule has 4 nitrogen and oxygen atoms in total. The number of ether oxygens (including phenoxy) is 1. The molecule has 1 fully saturated rings. The highest BCUT2D eigenvalue weighted by Crippen LogP contribution is 2.30. The number of hydrogen-bond donors (Lipinski definition) is 1. The Labute approximate surface area is 130 Å². The maximum absolute atomic E-state index is 12.3. The third-order valence-corrected chi connectivity index (χ3v) is 4.24. The van der Waals surface area contributed by atoms with Gasteiger partial charge in [-0.1, -0.05) is 36.6 Å². The number of amides is 1. The fraction of sp³-hybridized carbons (Fsp3) is 0.562. The third-order valence-electron chi connectivity index (χ3n) is 3.93. The van der Waals surface area contributed by atoms with Gasteiger partial charge in [0.2, 0.25) is 0 Å². The van der Waals surface area contributed by atoms with E-state index in [4.69, 9.17) is 16.3 Å². The Balaban J connectivity index is 1.94. The largest absolute Gasteiger partial charge is 0.479 e. The lowest BCUT2D eigenvalue weighted by atomic mass is 10.0. The average Bonchev–Trinajstić information content (AvgIpc) is 2.86. The van der Waals surface area contributed by atoms with Gasteiger partial charge in [-0.05, 0) is 31.9 Å². The number of rotatable bonds is 5. The second-order valence-corrected chi connectivity index (χ2v) is 6.22. The van der Waals surface area contributed by atoms with Crippen molar-refractivity contribution in [3.05, 3.63) is 29.3 Å². The standard InChI is InChI=1S/C16H22ClNO3/c1-12(21-14-8-4-3-7-13(14)17)15(19)18(2)11-16(20)9-5-6-10-16/h3-4,7-8,12,20H,5-6,9-11H2,1-2H3/t12-/m0/s1. The fourth-order valence-corrected chi connectivity index (χ4v) is 2.98. The van der Waals surface area contributed by atoms with Crippen LogP contribution in [0.15, 0.2) is 24.3 Å². The van der Waals surface area contributed by atoms with Crippen molar-refractivity contribution in [3.63, 3.8) is 0 Å². The van der Waals surface area contributed by atoms with E-state index in [-0.39, 0.29) is 5.91 Å². The van der Waals surface area contributed by atoms with Crippen LogP contribution in [0.5, 0.6) is 5.75 Å². The molecule has 1 aliphatic rings. The Bertz CT molecular complexity index is 500. The van der Waals surface area contributed by atoms with Crippen molar-refractivity contribution in [1.29, 1.82) is 0 Å². The van der Waals surface area contributed by atoms with Crippen LogP contribution >= 0.6 is 11.6 Å². The van der Waals surface area contributed by atoms with Gasteiger partial charge in [0.1, 0.15) is 5.75 Å². The minimum Gasteiger partial charge on any atom is -0.479 e. The predicted molar refractivity (Wildman–Crippen MR) is 82.6 cm³/mol. The Morgan fingerprint density at radius 3 is 2.67 bits per heavy atom. The summed E-state index contributed by atoms with van der Waals surface area (Å²) in [6.07, 6.45) is 2.91. The number of benzene rings is 1. The minimum atomic E-state index is -0.742. The number of nitrogens with zero attached hydrogens (tertiary/aromatic N) is 1. The Morgan fingerprint density at radius 1 is 1.43 bits per heavy atom. The first kappa shape index (κ1) is 16.1. The normalized spacial score (nSPS) is 18.3. The third kappa shape index (κ3) is 4.11. The molecule has 0 unspecified atom stereocenters. The molecule has 21 heavy (non-hydrogen) atoms. The number of carbonyl (C=O) groups excluding carboxylic acids is 1. The second kappa shape index (κ2) is 6.67. The molecule has 1 amide bonds. The summed E-state index contributed by atoms with van der Waals surface area (Å²) >= 11 is 6.02. The van der Waals surface area contributed by atoms with Gasteiger partial charge in [-0.15, -0.1) is 0 Å². The molecule has 5 heteroatoms. The van der Waals surface area contributed by atoms with Gasteiger partial charge in [0.05, 0.1) is 10.6 Å². The second-order valence-electron chi connectivity index (χ2n) is 5.82. The molecule has 0 saturated heterocycles.